The fourth-order valence-corrected chi connectivity index (χ4v) is 1.56. The highest BCUT2D eigenvalue weighted by Crippen LogP contribution is 2.27. The standard InChI is InChI=1S/C13H18N2O4/c1-3-10(13(17)18-4-2)19-11-8(12(15)16)6-5-7-9(11)14/h5-7,10H,3-4,14H2,1-2H3,(H2,15,16). The number of primary amides is 1. The van der Waals surface area contributed by atoms with Crippen molar-refractivity contribution < 1.29 is 19.1 Å². The van der Waals surface area contributed by atoms with E-state index in [2.05, 4.69) is 0 Å². The molecule has 6 heteroatoms. The Balaban J connectivity index is 3.03. The van der Waals surface area contributed by atoms with Gasteiger partial charge in [0, 0.05) is 0 Å². The molecule has 1 rings (SSSR count). The van der Waals surface area contributed by atoms with Gasteiger partial charge in [0.1, 0.15) is 0 Å². The van der Waals surface area contributed by atoms with Crippen molar-refractivity contribution in [3.05, 3.63) is 23.8 Å². The molecule has 104 valence electrons. The number of carbonyl (C=O) groups excluding carboxylic acids is 2. The van der Waals surface area contributed by atoms with Crippen LogP contribution in [0, 0.1) is 0 Å². The van der Waals surface area contributed by atoms with E-state index in [1.54, 1.807) is 26.0 Å². The van der Waals surface area contributed by atoms with Crippen LogP contribution in [0.4, 0.5) is 5.69 Å². The molecular weight excluding hydrogens is 248 g/mol. The van der Waals surface area contributed by atoms with E-state index in [0.29, 0.717) is 6.42 Å². The molecule has 0 saturated carbocycles. The molecule has 0 aliphatic rings. The first-order valence-electron chi connectivity index (χ1n) is 6.02. The van der Waals surface area contributed by atoms with Crippen molar-refractivity contribution in [1.82, 2.24) is 0 Å². The summed E-state index contributed by atoms with van der Waals surface area (Å²) in [5.41, 5.74) is 11.4. The van der Waals surface area contributed by atoms with Gasteiger partial charge in [-0.1, -0.05) is 13.0 Å². The first-order chi connectivity index (χ1) is 9.01. The average Bonchev–Trinajstić information content (AvgIpc) is 2.37. The van der Waals surface area contributed by atoms with E-state index in [0.717, 1.165) is 0 Å². The Morgan fingerprint density at radius 1 is 1.32 bits per heavy atom. The molecule has 1 aromatic carbocycles. The molecule has 0 aliphatic heterocycles. The third-order valence-electron chi connectivity index (χ3n) is 2.49. The van der Waals surface area contributed by atoms with E-state index in [1.807, 2.05) is 0 Å². The molecule has 0 saturated heterocycles. The Hall–Kier alpha value is -2.24. The number of hydrogen-bond acceptors (Lipinski definition) is 5. The SMILES string of the molecule is CCOC(=O)C(CC)Oc1c(N)cccc1C(N)=O. The first-order valence-corrected chi connectivity index (χ1v) is 6.02. The fraction of sp³-hybridized carbons (Fsp3) is 0.385. The van der Waals surface area contributed by atoms with Crippen molar-refractivity contribution in [1.29, 1.82) is 0 Å². The average molecular weight is 266 g/mol. The van der Waals surface area contributed by atoms with Gasteiger partial charge in [-0.15, -0.1) is 0 Å². The summed E-state index contributed by atoms with van der Waals surface area (Å²) in [6, 6.07) is 4.65. The number of anilines is 1. The van der Waals surface area contributed by atoms with Crippen LogP contribution in [0.15, 0.2) is 18.2 Å². The summed E-state index contributed by atoms with van der Waals surface area (Å²) in [6.07, 6.45) is -0.423. The smallest absolute Gasteiger partial charge is 0.347 e. The highest BCUT2D eigenvalue weighted by molar-refractivity contribution is 5.97. The number of rotatable bonds is 6. The van der Waals surface area contributed by atoms with Gasteiger partial charge in [-0.05, 0) is 25.5 Å². The van der Waals surface area contributed by atoms with Gasteiger partial charge in [0.05, 0.1) is 17.9 Å². The monoisotopic (exact) mass is 266 g/mol. The van der Waals surface area contributed by atoms with Crippen molar-refractivity contribution in [2.45, 2.75) is 26.4 Å². The van der Waals surface area contributed by atoms with Crippen molar-refractivity contribution in [3.8, 4) is 5.75 Å². The zero-order valence-corrected chi connectivity index (χ0v) is 11.0. The molecule has 0 radical (unpaired) electrons. The topological polar surface area (TPSA) is 105 Å². The van der Waals surface area contributed by atoms with E-state index >= 15 is 0 Å². The predicted molar refractivity (Wildman–Crippen MR) is 70.7 cm³/mol. The number of esters is 1. The van der Waals surface area contributed by atoms with E-state index in [9.17, 15) is 9.59 Å². The van der Waals surface area contributed by atoms with Crippen LogP contribution in [0.5, 0.6) is 5.75 Å². The van der Waals surface area contributed by atoms with Crippen LogP contribution in [0.3, 0.4) is 0 Å². The van der Waals surface area contributed by atoms with Crippen molar-refractivity contribution in [2.24, 2.45) is 5.73 Å². The first kappa shape index (κ1) is 14.8. The van der Waals surface area contributed by atoms with Gasteiger partial charge in [-0.25, -0.2) is 4.79 Å². The Kier molecular flexibility index (Phi) is 5.17. The molecule has 0 fully saturated rings. The number of amides is 1. The Bertz CT molecular complexity index is 474. The lowest BCUT2D eigenvalue weighted by Crippen LogP contribution is -2.30. The molecule has 1 unspecified atom stereocenters. The van der Waals surface area contributed by atoms with Crippen LogP contribution < -0.4 is 16.2 Å². The van der Waals surface area contributed by atoms with Gasteiger partial charge in [-0.2, -0.15) is 0 Å². The van der Waals surface area contributed by atoms with Gasteiger partial charge in [0.25, 0.3) is 5.91 Å². The molecule has 1 aromatic rings. The largest absolute Gasteiger partial charge is 0.476 e. The number of nitrogens with two attached hydrogens (primary N) is 2. The van der Waals surface area contributed by atoms with Gasteiger partial charge in [0.2, 0.25) is 0 Å². The lowest BCUT2D eigenvalue weighted by molar-refractivity contribution is -0.151. The Morgan fingerprint density at radius 3 is 2.53 bits per heavy atom. The van der Waals surface area contributed by atoms with Crippen LogP contribution >= 0.6 is 0 Å². The van der Waals surface area contributed by atoms with Crippen molar-refractivity contribution in [3.63, 3.8) is 0 Å². The molecule has 0 heterocycles. The minimum atomic E-state index is -0.817. The van der Waals surface area contributed by atoms with Crippen LogP contribution in [0.25, 0.3) is 0 Å². The predicted octanol–water partition coefficient (Wildman–Crippen LogP) is 1.09. The summed E-state index contributed by atoms with van der Waals surface area (Å²) >= 11 is 0. The lowest BCUT2D eigenvalue weighted by Gasteiger charge is -2.18. The van der Waals surface area contributed by atoms with E-state index < -0.39 is 18.0 Å². The second kappa shape index (κ2) is 6.63. The molecule has 0 bridgehead atoms. The van der Waals surface area contributed by atoms with Crippen LogP contribution in [0.1, 0.15) is 30.6 Å². The molecule has 19 heavy (non-hydrogen) atoms. The molecule has 1 amide bonds. The summed E-state index contributed by atoms with van der Waals surface area (Å²) < 4.78 is 10.4. The summed E-state index contributed by atoms with van der Waals surface area (Å²) in [4.78, 5) is 23.0. The molecule has 0 spiro atoms. The summed E-state index contributed by atoms with van der Waals surface area (Å²) in [5, 5.41) is 0. The number of carbonyl (C=O) groups is 2. The molecular formula is C13H18N2O4. The van der Waals surface area contributed by atoms with E-state index in [4.69, 9.17) is 20.9 Å². The third kappa shape index (κ3) is 3.61. The highest BCUT2D eigenvalue weighted by Gasteiger charge is 2.23. The van der Waals surface area contributed by atoms with Crippen LogP contribution in [-0.2, 0) is 9.53 Å². The van der Waals surface area contributed by atoms with Gasteiger partial charge >= 0.3 is 5.97 Å². The number of nitrogen functional groups attached to an aromatic ring is 1. The highest BCUT2D eigenvalue weighted by atomic mass is 16.6. The van der Waals surface area contributed by atoms with Crippen LogP contribution in [-0.4, -0.2) is 24.6 Å². The quantitative estimate of drug-likeness (QED) is 0.592. The maximum atomic E-state index is 11.7. The lowest BCUT2D eigenvalue weighted by atomic mass is 10.1. The van der Waals surface area contributed by atoms with E-state index in [1.165, 1.54) is 6.07 Å². The maximum absolute atomic E-state index is 11.7. The van der Waals surface area contributed by atoms with Crippen molar-refractivity contribution >= 4 is 17.6 Å². The minimum Gasteiger partial charge on any atom is -0.476 e. The zero-order chi connectivity index (χ0) is 14.4. The van der Waals surface area contributed by atoms with Gasteiger partial charge in [0.15, 0.2) is 11.9 Å². The van der Waals surface area contributed by atoms with Crippen molar-refractivity contribution in [2.75, 3.05) is 12.3 Å². The number of para-hydroxylation sites is 1. The normalized spacial score (nSPS) is 11.7. The minimum absolute atomic E-state index is 0.120. The summed E-state index contributed by atoms with van der Waals surface area (Å²) in [7, 11) is 0. The maximum Gasteiger partial charge on any atom is 0.347 e. The van der Waals surface area contributed by atoms with E-state index in [-0.39, 0.29) is 23.6 Å². The molecule has 0 aliphatic carbocycles. The fourth-order valence-electron chi connectivity index (χ4n) is 1.56. The number of hydrogen-bond donors (Lipinski definition) is 2. The third-order valence-corrected chi connectivity index (χ3v) is 2.49. The molecule has 4 N–H and O–H groups in total. The zero-order valence-electron chi connectivity index (χ0n) is 11.0. The second-order valence-electron chi connectivity index (χ2n) is 3.85. The molecule has 1 atom stereocenters. The van der Waals surface area contributed by atoms with Gasteiger partial charge in [-0.3, -0.25) is 4.79 Å². The molecule has 0 aromatic heterocycles. The summed E-state index contributed by atoms with van der Waals surface area (Å²) in [6.45, 7) is 3.73. The summed E-state index contributed by atoms with van der Waals surface area (Å²) in [5.74, 6) is -1.04. The second-order valence-corrected chi connectivity index (χ2v) is 3.85. The number of benzene rings is 1. The molecule has 6 nitrogen and oxygen atoms in total. The Morgan fingerprint density at radius 2 is 2.00 bits per heavy atom. The van der Waals surface area contributed by atoms with Crippen LogP contribution in [0.2, 0.25) is 0 Å². The van der Waals surface area contributed by atoms with Gasteiger partial charge < -0.3 is 20.9 Å². The Labute approximate surface area is 111 Å². The number of ether oxygens (including phenoxy) is 2.